The van der Waals surface area contributed by atoms with Crippen molar-refractivity contribution in [2.24, 2.45) is 0 Å². The van der Waals surface area contributed by atoms with Crippen molar-refractivity contribution in [1.82, 2.24) is 0 Å². The van der Waals surface area contributed by atoms with Crippen LogP contribution in [-0.2, 0) is 0 Å². The molecule has 0 aliphatic carbocycles. The molecule has 0 unspecified atom stereocenters. The van der Waals surface area contributed by atoms with Crippen molar-refractivity contribution in [3.8, 4) is 23.0 Å². The smallest absolute Gasteiger partial charge is 0.203 e. The Morgan fingerprint density at radius 2 is 1.67 bits per heavy atom. The molecule has 24 heavy (non-hydrogen) atoms. The summed E-state index contributed by atoms with van der Waals surface area (Å²) in [7, 11) is 4.47. The first kappa shape index (κ1) is 17.3. The van der Waals surface area contributed by atoms with Crippen LogP contribution in [0, 0.1) is 5.82 Å². The lowest BCUT2D eigenvalue weighted by Crippen LogP contribution is -1.97. The maximum atomic E-state index is 13.2. The SMILES string of the molecule is COc1cc(/C=C/C(=O)c2cc(F)ccc2O)cc(OC)c1OC. The zero-order valence-electron chi connectivity index (χ0n) is 13.5. The van der Waals surface area contributed by atoms with Crippen LogP contribution in [0.3, 0.4) is 0 Å². The molecule has 0 aliphatic heterocycles. The number of allylic oxidation sites excluding steroid dienone is 1. The second kappa shape index (κ2) is 7.50. The molecule has 0 bridgehead atoms. The molecule has 1 N–H and O–H groups in total. The molecule has 2 aromatic rings. The number of aromatic hydroxyl groups is 1. The fourth-order valence-electron chi connectivity index (χ4n) is 2.16. The molecule has 6 heteroatoms. The monoisotopic (exact) mass is 332 g/mol. The van der Waals surface area contributed by atoms with Crippen molar-refractivity contribution < 1.29 is 28.5 Å². The van der Waals surface area contributed by atoms with Crippen molar-refractivity contribution in [3.05, 3.63) is 53.4 Å². The molecular formula is C18H17FO5. The van der Waals surface area contributed by atoms with E-state index in [0.29, 0.717) is 22.8 Å². The minimum Gasteiger partial charge on any atom is -0.507 e. The highest BCUT2D eigenvalue weighted by atomic mass is 19.1. The summed E-state index contributed by atoms with van der Waals surface area (Å²) in [6.07, 6.45) is 2.74. The van der Waals surface area contributed by atoms with Gasteiger partial charge in [0.1, 0.15) is 11.6 Å². The van der Waals surface area contributed by atoms with E-state index in [1.807, 2.05) is 0 Å². The molecule has 0 amide bonds. The Morgan fingerprint density at radius 3 is 2.21 bits per heavy atom. The summed E-state index contributed by atoms with van der Waals surface area (Å²) in [5.74, 6) is -0.0876. The summed E-state index contributed by atoms with van der Waals surface area (Å²) in [4.78, 5) is 12.1. The third-order valence-electron chi connectivity index (χ3n) is 3.34. The Balaban J connectivity index is 2.34. The quantitative estimate of drug-likeness (QED) is 0.648. The summed E-state index contributed by atoms with van der Waals surface area (Å²) in [5.41, 5.74) is 0.507. The summed E-state index contributed by atoms with van der Waals surface area (Å²) < 4.78 is 28.9. The topological polar surface area (TPSA) is 65.0 Å². The molecule has 0 aliphatic rings. The van der Waals surface area contributed by atoms with Crippen molar-refractivity contribution in [3.63, 3.8) is 0 Å². The Hall–Kier alpha value is -3.02. The first-order valence-electron chi connectivity index (χ1n) is 7.01. The lowest BCUT2D eigenvalue weighted by Gasteiger charge is -2.12. The first-order valence-corrected chi connectivity index (χ1v) is 7.01. The maximum absolute atomic E-state index is 13.2. The highest BCUT2D eigenvalue weighted by molar-refractivity contribution is 6.08. The molecule has 0 atom stereocenters. The molecule has 2 rings (SSSR count). The molecule has 0 radical (unpaired) electrons. The average molecular weight is 332 g/mol. The zero-order valence-corrected chi connectivity index (χ0v) is 13.5. The largest absolute Gasteiger partial charge is 0.507 e. The van der Waals surface area contributed by atoms with Crippen LogP contribution in [0.4, 0.5) is 4.39 Å². The van der Waals surface area contributed by atoms with Gasteiger partial charge in [-0.1, -0.05) is 6.08 Å². The van der Waals surface area contributed by atoms with E-state index in [-0.39, 0.29) is 11.3 Å². The van der Waals surface area contributed by atoms with Gasteiger partial charge in [0.25, 0.3) is 0 Å². The van der Waals surface area contributed by atoms with Gasteiger partial charge in [0, 0.05) is 0 Å². The number of carbonyl (C=O) groups excluding carboxylic acids is 1. The number of benzene rings is 2. The fraction of sp³-hybridized carbons (Fsp3) is 0.167. The van der Waals surface area contributed by atoms with Gasteiger partial charge in [-0.05, 0) is 42.0 Å². The van der Waals surface area contributed by atoms with Crippen molar-refractivity contribution in [1.29, 1.82) is 0 Å². The number of phenols is 1. The predicted octanol–water partition coefficient (Wildman–Crippen LogP) is 3.45. The van der Waals surface area contributed by atoms with Gasteiger partial charge in [-0.25, -0.2) is 4.39 Å². The highest BCUT2D eigenvalue weighted by Crippen LogP contribution is 2.38. The Bertz CT molecular complexity index is 758. The van der Waals surface area contributed by atoms with Crippen molar-refractivity contribution in [2.45, 2.75) is 0 Å². The summed E-state index contributed by atoms with van der Waals surface area (Å²) >= 11 is 0. The van der Waals surface area contributed by atoms with E-state index in [2.05, 4.69) is 0 Å². The lowest BCUT2D eigenvalue weighted by atomic mass is 10.1. The van der Waals surface area contributed by atoms with E-state index in [0.717, 1.165) is 18.2 Å². The van der Waals surface area contributed by atoms with Gasteiger partial charge in [-0.3, -0.25) is 4.79 Å². The van der Waals surface area contributed by atoms with E-state index < -0.39 is 11.6 Å². The predicted molar refractivity (Wildman–Crippen MR) is 87.5 cm³/mol. The molecule has 5 nitrogen and oxygen atoms in total. The molecule has 0 heterocycles. The van der Waals surface area contributed by atoms with Crippen LogP contribution < -0.4 is 14.2 Å². The number of ketones is 1. The van der Waals surface area contributed by atoms with Gasteiger partial charge >= 0.3 is 0 Å². The number of halogens is 1. The third-order valence-corrected chi connectivity index (χ3v) is 3.34. The van der Waals surface area contributed by atoms with Crippen LogP contribution in [0.1, 0.15) is 15.9 Å². The van der Waals surface area contributed by atoms with E-state index >= 15 is 0 Å². The normalized spacial score (nSPS) is 10.7. The minimum absolute atomic E-state index is 0.112. The zero-order chi connectivity index (χ0) is 17.7. The standard InChI is InChI=1S/C18H17FO5/c1-22-16-8-11(9-17(23-2)18(16)24-3)4-6-14(20)13-10-12(19)5-7-15(13)21/h4-10,21H,1-3H3/b6-4+. The van der Waals surface area contributed by atoms with Crippen molar-refractivity contribution in [2.75, 3.05) is 21.3 Å². The van der Waals surface area contributed by atoms with Crippen LogP contribution in [0.25, 0.3) is 6.08 Å². The molecule has 0 fully saturated rings. The van der Waals surface area contributed by atoms with Gasteiger partial charge in [-0.2, -0.15) is 0 Å². The van der Waals surface area contributed by atoms with Gasteiger partial charge in [-0.15, -0.1) is 0 Å². The second-order valence-electron chi connectivity index (χ2n) is 4.82. The third kappa shape index (κ3) is 3.65. The van der Waals surface area contributed by atoms with E-state index in [1.54, 1.807) is 12.1 Å². The van der Waals surface area contributed by atoms with Crippen LogP contribution in [-0.4, -0.2) is 32.2 Å². The van der Waals surface area contributed by atoms with Crippen LogP contribution in [0.15, 0.2) is 36.4 Å². The molecule has 0 spiro atoms. The summed E-state index contributed by atoms with van der Waals surface area (Å²) in [6, 6.07) is 6.52. The first-order chi connectivity index (χ1) is 11.5. The minimum atomic E-state index is -0.600. The van der Waals surface area contributed by atoms with E-state index in [4.69, 9.17) is 14.2 Å². The Labute approximate surface area is 138 Å². The summed E-state index contributed by atoms with van der Waals surface area (Å²) in [5, 5.41) is 9.66. The average Bonchev–Trinajstić information content (AvgIpc) is 2.60. The van der Waals surface area contributed by atoms with Gasteiger partial charge in [0.15, 0.2) is 17.3 Å². The number of phenolic OH excluding ortho intramolecular Hbond substituents is 1. The lowest BCUT2D eigenvalue weighted by molar-refractivity contribution is 0.104. The van der Waals surface area contributed by atoms with Gasteiger partial charge < -0.3 is 19.3 Å². The van der Waals surface area contributed by atoms with Crippen molar-refractivity contribution >= 4 is 11.9 Å². The van der Waals surface area contributed by atoms with Crippen LogP contribution in [0.2, 0.25) is 0 Å². The van der Waals surface area contributed by atoms with Gasteiger partial charge in [0.05, 0.1) is 26.9 Å². The Kier molecular flexibility index (Phi) is 5.42. The Morgan fingerprint density at radius 1 is 1.04 bits per heavy atom. The number of carbonyl (C=O) groups is 1. The molecule has 126 valence electrons. The fourth-order valence-corrected chi connectivity index (χ4v) is 2.16. The highest BCUT2D eigenvalue weighted by Gasteiger charge is 2.13. The molecular weight excluding hydrogens is 315 g/mol. The van der Waals surface area contributed by atoms with Gasteiger partial charge in [0.2, 0.25) is 5.75 Å². The molecule has 0 aromatic heterocycles. The number of methoxy groups -OCH3 is 3. The number of hydrogen-bond donors (Lipinski definition) is 1. The number of rotatable bonds is 6. The second-order valence-corrected chi connectivity index (χ2v) is 4.82. The number of ether oxygens (including phenoxy) is 3. The molecule has 2 aromatic carbocycles. The maximum Gasteiger partial charge on any atom is 0.203 e. The molecule has 0 saturated heterocycles. The van der Waals surface area contributed by atoms with E-state index in [9.17, 15) is 14.3 Å². The van der Waals surface area contributed by atoms with E-state index in [1.165, 1.54) is 33.5 Å². The molecule has 0 saturated carbocycles. The summed E-state index contributed by atoms with van der Waals surface area (Å²) in [6.45, 7) is 0. The number of hydrogen-bond acceptors (Lipinski definition) is 5. The van der Waals surface area contributed by atoms with Crippen LogP contribution >= 0.6 is 0 Å². The van der Waals surface area contributed by atoms with Crippen LogP contribution in [0.5, 0.6) is 23.0 Å².